The average Bonchev–Trinajstić information content (AvgIpc) is 2.74. The van der Waals surface area contributed by atoms with Gasteiger partial charge in [0.25, 0.3) is 0 Å². The van der Waals surface area contributed by atoms with E-state index in [0.717, 1.165) is 5.56 Å². The number of carbonyl (C=O) groups is 1. The highest BCUT2D eigenvalue weighted by Gasteiger charge is 2.23. The summed E-state index contributed by atoms with van der Waals surface area (Å²) in [6.07, 6.45) is 3.08. The lowest BCUT2D eigenvalue weighted by molar-refractivity contribution is -0.130. The number of benzene rings is 2. The Morgan fingerprint density at radius 1 is 1.00 bits per heavy atom. The number of aromatic nitrogens is 2. The standard InChI is InChI=1S/C22H24N4O3S/c1-16-3-5-17(6-4-16)13-21(27)25-9-11-26(12-10-25)22-19-14-18(30(2,28)29)7-8-20(19)23-15-24-22/h3-8,14-15H,9-13H2,1-2H3. The molecule has 0 spiro atoms. The first-order chi connectivity index (χ1) is 14.3. The van der Waals surface area contributed by atoms with E-state index in [0.29, 0.717) is 49.3 Å². The van der Waals surface area contributed by atoms with E-state index < -0.39 is 9.84 Å². The number of aryl methyl sites for hydroxylation is 1. The number of nitrogens with zero attached hydrogens (tertiary/aromatic N) is 4. The summed E-state index contributed by atoms with van der Waals surface area (Å²) < 4.78 is 23.9. The van der Waals surface area contributed by atoms with E-state index in [-0.39, 0.29) is 10.8 Å². The van der Waals surface area contributed by atoms with Crippen molar-refractivity contribution in [2.75, 3.05) is 37.3 Å². The van der Waals surface area contributed by atoms with E-state index in [2.05, 4.69) is 14.9 Å². The second-order valence-corrected chi connectivity index (χ2v) is 9.69. The van der Waals surface area contributed by atoms with Gasteiger partial charge in [0, 0.05) is 37.8 Å². The Balaban J connectivity index is 1.49. The summed E-state index contributed by atoms with van der Waals surface area (Å²) in [5.74, 6) is 0.821. The first-order valence-corrected chi connectivity index (χ1v) is 11.7. The molecule has 30 heavy (non-hydrogen) atoms. The van der Waals surface area contributed by atoms with Gasteiger partial charge in [0.05, 0.1) is 16.8 Å². The Bertz CT molecular complexity index is 1180. The van der Waals surface area contributed by atoms with E-state index in [9.17, 15) is 13.2 Å². The van der Waals surface area contributed by atoms with Crippen LogP contribution in [0.4, 0.5) is 5.82 Å². The molecule has 0 aliphatic carbocycles. The Labute approximate surface area is 176 Å². The number of amides is 1. The van der Waals surface area contributed by atoms with Gasteiger partial charge < -0.3 is 9.80 Å². The fourth-order valence-corrected chi connectivity index (χ4v) is 4.31. The molecule has 1 saturated heterocycles. The molecule has 0 N–H and O–H groups in total. The van der Waals surface area contributed by atoms with E-state index >= 15 is 0 Å². The number of anilines is 1. The minimum Gasteiger partial charge on any atom is -0.352 e. The summed E-state index contributed by atoms with van der Waals surface area (Å²) in [7, 11) is -3.32. The van der Waals surface area contributed by atoms with Crippen molar-refractivity contribution in [1.82, 2.24) is 14.9 Å². The van der Waals surface area contributed by atoms with Gasteiger partial charge in [-0.05, 0) is 30.7 Å². The monoisotopic (exact) mass is 424 g/mol. The maximum absolute atomic E-state index is 12.7. The number of rotatable bonds is 4. The summed E-state index contributed by atoms with van der Waals surface area (Å²) in [6, 6.07) is 12.9. The zero-order chi connectivity index (χ0) is 21.3. The van der Waals surface area contributed by atoms with Crippen LogP contribution in [0, 0.1) is 6.92 Å². The van der Waals surface area contributed by atoms with Crippen LogP contribution in [0.1, 0.15) is 11.1 Å². The number of fused-ring (bicyclic) bond motifs is 1. The highest BCUT2D eigenvalue weighted by molar-refractivity contribution is 7.90. The van der Waals surface area contributed by atoms with Crippen molar-refractivity contribution >= 4 is 32.5 Å². The van der Waals surface area contributed by atoms with E-state index in [1.807, 2.05) is 36.1 Å². The van der Waals surface area contributed by atoms with Crippen molar-refractivity contribution in [1.29, 1.82) is 0 Å². The van der Waals surface area contributed by atoms with Gasteiger partial charge in [-0.3, -0.25) is 4.79 Å². The number of hydrogen-bond acceptors (Lipinski definition) is 6. The predicted octanol–water partition coefficient (Wildman–Crippen LogP) is 2.23. The van der Waals surface area contributed by atoms with Crippen LogP contribution in [0.3, 0.4) is 0 Å². The molecular weight excluding hydrogens is 400 g/mol. The maximum atomic E-state index is 12.7. The lowest BCUT2D eigenvalue weighted by atomic mass is 10.1. The van der Waals surface area contributed by atoms with Crippen molar-refractivity contribution in [2.24, 2.45) is 0 Å². The third kappa shape index (κ3) is 4.28. The average molecular weight is 425 g/mol. The lowest BCUT2D eigenvalue weighted by Crippen LogP contribution is -2.49. The molecule has 1 fully saturated rings. The molecule has 0 unspecified atom stereocenters. The normalized spacial score (nSPS) is 14.9. The highest BCUT2D eigenvalue weighted by Crippen LogP contribution is 2.26. The van der Waals surface area contributed by atoms with Gasteiger partial charge in [-0.2, -0.15) is 0 Å². The molecule has 2 aromatic carbocycles. The second kappa shape index (κ2) is 8.02. The highest BCUT2D eigenvalue weighted by atomic mass is 32.2. The number of sulfone groups is 1. The molecule has 1 aromatic heterocycles. The Morgan fingerprint density at radius 2 is 1.70 bits per heavy atom. The van der Waals surface area contributed by atoms with Crippen LogP contribution in [0.2, 0.25) is 0 Å². The zero-order valence-electron chi connectivity index (χ0n) is 17.1. The maximum Gasteiger partial charge on any atom is 0.227 e. The van der Waals surface area contributed by atoms with Crippen LogP contribution in [-0.2, 0) is 21.1 Å². The van der Waals surface area contributed by atoms with Gasteiger partial charge in [-0.25, -0.2) is 18.4 Å². The third-order valence-corrected chi connectivity index (χ3v) is 6.53. The Kier molecular flexibility index (Phi) is 5.42. The number of hydrogen-bond donors (Lipinski definition) is 0. The van der Waals surface area contributed by atoms with Crippen molar-refractivity contribution in [3.63, 3.8) is 0 Å². The number of piperazine rings is 1. The van der Waals surface area contributed by atoms with E-state index in [4.69, 9.17) is 0 Å². The fourth-order valence-electron chi connectivity index (χ4n) is 3.66. The summed E-state index contributed by atoms with van der Waals surface area (Å²) >= 11 is 0. The minimum atomic E-state index is -3.32. The Morgan fingerprint density at radius 3 is 2.37 bits per heavy atom. The van der Waals surface area contributed by atoms with Crippen molar-refractivity contribution in [3.8, 4) is 0 Å². The first kappa shape index (κ1) is 20.3. The quantitative estimate of drug-likeness (QED) is 0.639. The minimum absolute atomic E-state index is 0.116. The van der Waals surface area contributed by atoms with Crippen molar-refractivity contribution in [3.05, 3.63) is 59.9 Å². The first-order valence-electron chi connectivity index (χ1n) is 9.84. The molecule has 2 heterocycles. The van der Waals surface area contributed by atoms with Crippen molar-refractivity contribution in [2.45, 2.75) is 18.2 Å². The molecule has 0 atom stereocenters. The lowest BCUT2D eigenvalue weighted by Gasteiger charge is -2.36. The van der Waals surface area contributed by atoms with Gasteiger partial charge >= 0.3 is 0 Å². The van der Waals surface area contributed by atoms with Gasteiger partial charge in [-0.15, -0.1) is 0 Å². The van der Waals surface area contributed by atoms with Crippen molar-refractivity contribution < 1.29 is 13.2 Å². The second-order valence-electron chi connectivity index (χ2n) is 7.68. The number of carbonyl (C=O) groups excluding carboxylic acids is 1. The summed E-state index contributed by atoms with van der Waals surface area (Å²) in [4.78, 5) is 25.6. The topological polar surface area (TPSA) is 83.5 Å². The van der Waals surface area contributed by atoms with Gasteiger partial charge in [0.15, 0.2) is 9.84 Å². The summed E-state index contributed by atoms with van der Waals surface area (Å²) in [6.45, 7) is 4.49. The third-order valence-electron chi connectivity index (χ3n) is 5.42. The molecule has 1 aliphatic heterocycles. The molecule has 0 bridgehead atoms. The van der Waals surface area contributed by atoms with Crippen LogP contribution in [-0.4, -0.2) is 61.6 Å². The van der Waals surface area contributed by atoms with Crippen LogP contribution >= 0.6 is 0 Å². The molecule has 8 heteroatoms. The molecule has 0 saturated carbocycles. The molecular formula is C22H24N4O3S. The molecule has 0 radical (unpaired) electrons. The van der Waals surface area contributed by atoms with E-state index in [1.54, 1.807) is 18.2 Å². The molecule has 3 aromatic rings. The molecule has 1 amide bonds. The van der Waals surface area contributed by atoms with Crippen LogP contribution in [0.5, 0.6) is 0 Å². The van der Waals surface area contributed by atoms with Crippen LogP contribution < -0.4 is 4.90 Å². The molecule has 1 aliphatic rings. The fraction of sp³-hybridized carbons (Fsp3) is 0.318. The largest absolute Gasteiger partial charge is 0.352 e. The SMILES string of the molecule is Cc1ccc(CC(=O)N2CCN(c3ncnc4ccc(S(C)(=O)=O)cc34)CC2)cc1. The molecule has 7 nitrogen and oxygen atoms in total. The summed E-state index contributed by atoms with van der Waals surface area (Å²) in [5.41, 5.74) is 2.89. The van der Waals surface area contributed by atoms with Gasteiger partial charge in [0.1, 0.15) is 12.1 Å². The predicted molar refractivity (Wildman–Crippen MR) is 116 cm³/mol. The van der Waals surface area contributed by atoms with Crippen LogP contribution in [0.25, 0.3) is 10.9 Å². The molecule has 156 valence electrons. The van der Waals surface area contributed by atoms with E-state index in [1.165, 1.54) is 18.1 Å². The molecule has 4 rings (SSSR count). The smallest absolute Gasteiger partial charge is 0.227 e. The van der Waals surface area contributed by atoms with Gasteiger partial charge in [-0.1, -0.05) is 29.8 Å². The van der Waals surface area contributed by atoms with Crippen LogP contribution in [0.15, 0.2) is 53.7 Å². The Hall–Kier alpha value is -3.00. The van der Waals surface area contributed by atoms with Gasteiger partial charge in [0.2, 0.25) is 5.91 Å². The summed E-state index contributed by atoms with van der Waals surface area (Å²) in [5, 5.41) is 0.708. The zero-order valence-corrected chi connectivity index (χ0v) is 17.9.